The molecule has 0 unspecified atom stereocenters. The zero-order valence-electron chi connectivity index (χ0n) is 15.8. The Morgan fingerprint density at radius 3 is 2.78 bits per heavy atom. The molecule has 4 nitrogen and oxygen atoms in total. The number of amides is 1. The number of aromatic nitrogens is 1. The second kappa shape index (κ2) is 12.1. The number of unbranched alkanes of at least 4 members (excludes halogenated alkanes) is 5. The van der Waals surface area contributed by atoms with Gasteiger partial charge in [-0.1, -0.05) is 49.1 Å². The summed E-state index contributed by atoms with van der Waals surface area (Å²) in [4.78, 5) is 15.5. The minimum absolute atomic E-state index is 0.0786. The van der Waals surface area contributed by atoms with Crippen LogP contribution in [0.3, 0.4) is 0 Å². The Morgan fingerprint density at radius 1 is 1.11 bits per heavy atom. The molecule has 1 heterocycles. The number of carbonyl (C=O) groups excluding carboxylic acids is 1. The van der Waals surface area contributed by atoms with Crippen molar-refractivity contribution in [3.05, 3.63) is 59.7 Å². The smallest absolute Gasteiger partial charge is 0.243 e. The van der Waals surface area contributed by atoms with Gasteiger partial charge in [0.05, 0.1) is 12.1 Å². The first-order valence-corrected chi connectivity index (χ1v) is 9.81. The second-order valence-corrected chi connectivity index (χ2v) is 6.73. The Kier molecular flexibility index (Phi) is 9.42. The van der Waals surface area contributed by atoms with Gasteiger partial charge in [0.25, 0.3) is 0 Å². The molecule has 0 bridgehead atoms. The van der Waals surface area contributed by atoms with E-state index in [1.54, 1.807) is 13.1 Å². The summed E-state index contributed by atoms with van der Waals surface area (Å²) in [6.07, 6.45) is 14.1. The number of pyridine rings is 1. The van der Waals surface area contributed by atoms with E-state index in [0.29, 0.717) is 17.5 Å². The Morgan fingerprint density at radius 2 is 1.93 bits per heavy atom. The van der Waals surface area contributed by atoms with Crippen molar-refractivity contribution in [1.29, 1.82) is 0 Å². The lowest BCUT2D eigenvalue weighted by molar-refractivity contribution is -0.116. The lowest BCUT2D eigenvalue weighted by Crippen LogP contribution is -2.13. The average Bonchev–Trinajstić information content (AvgIpc) is 2.68. The van der Waals surface area contributed by atoms with Crippen molar-refractivity contribution in [2.45, 2.75) is 38.5 Å². The molecule has 0 radical (unpaired) electrons. The zero-order chi connectivity index (χ0) is 19.3. The molecule has 0 saturated heterocycles. The highest BCUT2D eigenvalue weighted by atomic mass is 35.5. The van der Waals surface area contributed by atoms with Gasteiger partial charge >= 0.3 is 0 Å². The third-order valence-electron chi connectivity index (χ3n) is 4.13. The number of hydrogen-bond acceptors (Lipinski definition) is 3. The van der Waals surface area contributed by atoms with Crippen molar-refractivity contribution < 1.29 is 9.53 Å². The Hall–Kier alpha value is -2.33. The zero-order valence-corrected chi connectivity index (χ0v) is 16.5. The van der Waals surface area contributed by atoms with Crippen molar-refractivity contribution in [3.63, 3.8) is 0 Å². The molecule has 1 N–H and O–H groups in total. The maximum Gasteiger partial charge on any atom is 0.243 e. The molecule has 0 atom stereocenters. The fourth-order valence-corrected chi connectivity index (χ4v) is 2.81. The van der Waals surface area contributed by atoms with Crippen LogP contribution in [-0.2, 0) is 4.79 Å². The fraction of sp³-hybridized carbons (Fsp3) is 0.364. The van der Waals surface area contributed by atoms with Gasteiger partial charge in [0.2, 0.25) is 11.8 Å². The molecule has 2 rings (SSSR count). The number of nitrogens with zero attached hydrogens (tertiary/aromatic N) is 1. The summed E-state index contributed by atoms with van der Waals surface area (Å²) in [7, 11) is 1.62. The minimum Gasteiger partial charge on any atom is -0.478 e. The van der Waals surface area contributed by atoms with E-state index in [9.17, 15) is 4.79 Å². The molecule has 0 spiro atoms. The number of benzene rings is 1. The molecule has 27 heavy (non-hydrogen) atoms. The van der Waals surface area contributed by atoms with Crippen LogP contribution >= 0.6 is 11.6 Å². The van der Waals surface area contributed by atoms with E-state index in [-0.39, 0.29) is 5.91 Å². The topological polar surface area (TPSA) is 51.2 Å². The van der Waals surface area contributed by atoms with Gasteiger partial charge in [0.15, 0.2) is 0 Å². The molecule has 0 aliphatic heterocycles. The Balaban J connectivity index is 1.52. The quantitative estimate of drug-likeness (QED) is 0.316. The van der Waals surface area contributed by atoms with E-state index in [4.69, 9.17) is 16.3 Å². The first kappa shape index (κ1) is 21.0. The van der Waals surface area contributed by atoms with Gasteiger partial charge < -0.3 is 10.1 Å². The number of hydrogen-bond donors (Lipinski definition) is 1. The molecule has 0 fully saturated rings. The molecule has 144 valence electrons. The minimum atomic E-state index is -0.0786. The highest BCUT2D eigenvalue weighted by Crippen LogP contribution is 2.20. The van der Waals surface area contributed by atoms with E-state index < -0.39 is 0 Å². The second-order valence-electron chi connectivity index (χ2n) is 6.29. The van der Waals surface area contributed by atoms with Crippen LogP contribution in [0.15, 0.2) is 54.6 Å². The molecule has 1 aromatic heterocycles. The summed E-state index contributed by atoms with van der Waals surface area (Å²) < 4.78 is 5.75. The molecule has 0 aliphatic carbocycles. The van der Waals surface area contributed by atoms with Crippen LogP contribution in [-0.4, -0.2) is 24.5 Å². The Bertz CT molecular complexity index is 787. The van der Waals surface area contributed by atoms with E-state index in [1.807, 2.05) is 36.4 Å². The number of likely N-dealkylation sites (N-methyl/N-ethyl adjacent to an activating group) is 1. The molecule has 0 aliphatic rings. The van der Waals surface area contributed by atoms with Crippen molar-refractivity contribution >= 4 is 28.4 Å². The van der Waals surface area contributed by atoms with Crippen molar-refractivity contribution in [1.82, 2.24) is 10.3 Å². The molecule has 2 aromatic rings. The summed E-state index contributed by atoms with van der Waals surface area (Å²) in [6.45, 7) is 0.691. The van der Waals surface area contributed by atoms with E-state index >= 15 is 0 Å². The van der Waals surface area contributed by atoms with Crippen LogP contribution in [0.2, 0.25) is 5.02 Å². The van der Waals surface area contributed by atoms with Gasteiger partial charge in [-0.2, -0.15) is 0 Å². The van der Waals surface area contributed by atoms with Gasteiger partial charge in [0, 0.05) is 29.6 Å². The maximum absolute atomic E-state index is 11.0. The number of allylic oxidation sites excluding steroid dienone is 3. The van der Waals surface area contributed by atoms with Gasteiger partial charge in [-0.15, -0.1) is 0 Å². The summed E-state index contributed by atoms with van der Waals surface area (Å²) >= 11 is 5.98. The fourth-order valence-electron chi connectivity index (χ4n) is 2.63. The third kappa shape index (κ3) is 8.27. The predicted molar refractivity (Wildman–Crippen MR) is 112 cm³/mol. The molecular weight excluding hydrogens is 360 g/mol. The van der Waals surface area contributed by atoms with Crippen LogP contribution in [0, 0.1) is 0 Å². The van der Waals surface area contributed by atoms with Crippen LogP contribution in [0.5, 0.6) is 5.88 Å². The third-order valence-corrected chi connectivity index (χ3v) is 4.37. The van der Waals surface area contributed by atoms with E-state index in [0.717, 1.165) is 30.2 Å². The van der Waals surface area contributed by atoms with Gasteiger partial charge in [-0.3, -0.25) is 4.79 Å². The predicted octanol–water partition coefficient (Wildman–Crippen LogP) is 5.47. The van der Waals surface area contributed by atoms with E-state index in [1.165, 1.54) is 25.3 Å². The average molecular weight is 387 g/mol. The monoisotopic (exact) mass is 386 g/mol. The number of carbonyl (C=O) groups is 1. The summed E-state index contributed by atoms with van der Waals surface area (Å²) in [5, 5.41) is 4.28. The van der Waals surface area contributed by atoms with Gasteiger partial charge in [-0.25, -0.2) is 4.98 Å². The SMILES string of the molecule is CNC(=O)C=CC=CCCCCCCCOc1ccc2cc(Cl)ccc2n1. The van der Waals surface area contributed by atoms with E-state index in [2.05, 4.69) is 16.4 Å². The highest BCUT2D eigenvalue weighted by molar-refractivity contribution is 6.31. The van der Waals surface area contributed by atoms with Gasteiger partial charge in [-0.05, 0) is 43.5 Å². The van der Waals surface area contributed by atoms with Crippen molar-refractivity contribution in [2.24, 2.45) is 0 Å². The maximum atomic E-state index is 11.0. The van der Waals surface area contributed by atoms with Crippen LogP contribution in [0.1, 0.15) is 38.5 Å². The first-order chi connectivity index (χ1) is 13.2. The van der Waals surface area contributed by atoms with Crippen molar-refractivity contribution in [3.8, 4) is 5.88 Å². The van der Waals surface area contributed by atoms with Gasteiger partial charge in [0.1, 0.15) is 0 Å². The molecule has 0 saturated carbocycles. The van der Waals surface area contributed by atoms with Crippen LogP contribution < -0.4 is 10.1 Å². The summed E-state index contributed by atoms with van der Waals surface area (Å²) in [5.74, 6) is 0.588. The molecule has 1 aromatic carbocycles. The number of halogens is 1. The Labute approximate surface area is 166 Å². The van der Waals surface area contributed by atoms with Crippen LogP contribution in [0.4, 0.5) is 0 Å². The summed E-state index contributed by atoms with van der Waals surface area (Å²) in [6, 6.07) is 9.53. The number of ether oxygens (including phenoxy) is 1. The normalized spacial score (nSPS) is 11.5. The number of rotatable bonds is 11. The largest absolute Gasteiger partial charge is 0.478 e. The molecule has 5 heteroatoms. The lowest BCUT2D eigenvalue weighted by atomic mass is 10.1. The highest BCUT2D eigenvalue weighted by Gasteiger charge is 2.00. The summed E-state index contributed by atoms with van der Waals surface area (Å²) in [5.41, 5.74) is 0.898. The molecule has 1 amide bonds. The number of fused-ring (bicyclic) bond motifs is 1. The van der Waals surface area contributed by atoms with Crippen LogP contribution in [0.25, 0.3) is 10.9 Å². The van der Waals surface area contributed by atoms with Crippen molar-refractivity contribution in [2.75, 3.05) is 13.7 Å². The first-order valence-electron chi connectivity index (χ1n) is 9.43. The number of nitrogens with one attached hydrogen (secondary N) is 1. The lowest BCUT2D eigenvalue weighted by Gasteiger charge is -2.06. The standard InChI is InChI=1S/C22H27ClN2O2/c1-24-21(26)11-9-7-5-3-2-4-6-8-10-16-27-22-15-12-18-17-19(23)13-14-20(18)25-22/h5,7,9,11-15,17H,2-4,6,8,10,16H2,1H3,(H,24,26). The molecular formula is C22H27ClN2O2.